The second kappa shape index (κ2) is 7.19. The summed E-state index contributed by atoms with van der Waals surface area (Å²) in [6.45, 7) is 9.39. The molecule has 1 nitrogen and oxygen atoms in total. The molecule has 2 heteroatoms. The van der Waals surface area contributed by atoms with E-state index >= 15 is 0 Å². The molecule has 2 N–H and O–H groups in total. The van der Waals surface area contributed by atoms with Gasteiger partial charge in [0, 0.05) is 17.0 Å². The van der Waals surface area contributed by atoms with Gasteiger partial charge in [-0.3, -0.25) is 0 Å². The summed E-state index contributed by atoms with van der Waals surface area (Å²) >= 11 is 2.08. The Morgan fingerprint density at radius 1 is 1.24 bits per heavy atom. The quantitative estimate of drug-likeness (QED) is 0.813. The average molecular weight is 306 g/mol. The van der Waals surface area contributed by atoms with Crippen molar-refractivity contribution in [3.05, 3.63) is 35.4 Å². The summed E-state index contributed by atoms with van der Waals surface area (Å²) in [5, 5.41) is 0.620. The van der Waals surface area contributed by atoms with Crippen molar-refractivity contribution in [2.45, 2.75) is 70.4 Å². The lowest BCUT2D eigenvalue weighted by Gasteiger charge is -2.42. The van der Waals surface area contributed by atoms with Gasteiger partial charge < -0.3 is 5.73 Å². The fourth-order valence-electron chi connectivity index (χ4n) is 3.31. The monoisotopic (exact) mass is 305 g/mol. The number of rotatable bonds is 5. The van der Waals surface area contributed by atoms with Crippen LogP contribution in [-0.4, -0.2) is 11.3 Å². The van der Waals surface area contributed by atoms with Crippen LogP contribution < -0.4 is 5.73 Å². The van der Waals surface area contributed by atoms with Crippen molar-refractivity contribution >= 4 is 11.8 Å². The van der Waals surface area contributed by atoms with Crippen LogP contribution in [0.25, 0.3) is 0 Å². The predicted octanol–water partition coefficient (Wildman–Crippen LogP) is 5.16. The Bertz CT molecular complexity index is 455. The highest BCUT2D eigenvalue weighted by molar-refractivity contribution is 7.99. The summed E-state index contributed by atoms with van der Waals surface area (Å²) in [5.41, 5.74) is 9.73. The number of hydrogen-bond acceptors (Lipinski definition) is 2. The first-order valence-electron chi connectivity index (χ1n) is 8.35. The standard InChI is InChI=1S/C19H31NS/c1-5-19(3,4)16-10-11-17(20)18(12-16)21-13-15-9-7-6-8-14(15)2/h6-9,16-18H,5,10-13,20H2,1-4H3. The topological polar surface area (TPSA) is 26.0 Å². The molecule has 1 aliphatic carbocycles. The summed E-state index contributed by atoms with van der Waals surface area (Å²) in [4.78, 5) is 0. The van der Waals surface area contributed by atoms with Crippen molar-refractivity contribution in [1.82, 2.24) is 0 Å². The number of hydrogen-bond donors (Lipinski definition) is 1. The highest BCUT2D eigenvalue weighted by Gasteiger charge is 2.36. The van der Waals surface area contributed by atoms with Crippen LogP contribution in [0.4, 0.5) is 0 Å². The molecule has 21 heavy (non-hydrogen) atoms. The molecule has 0 spiro atoms. The molecular formula is C19H31NS. The molecule has 1 fully saturated rings. The van der Waals surface area contributed by atoms with Gasteiger partial charge in [0.05, 0.1) is 0 Å². The Kier molecular flexibility index (Phi) is 5.79. The van der Waals surface area contributed by atoms with Gasteiger partial charge in [-0.05, 0) is 48.6 Å². The van der Waals surface area contributed by atoms with Gasteiger partial charge in [-0.15, -0.1) is 0 Å². The minimum atomic E-state index is 0.378. The molecule has 1 aliphatic rings. The van der Waals surface area contributed by atoms with Gasteiger partial charge in [0.25, 0.3) is 0 Å². The summed E-state index contributed by atoms with van der Waals surface area (Å²) in [7, 11) is 0. The molecule has 3 unspecified atom stereocenters. The molecule has 1 aromatic rings. The van der Waals surface area contributed by atoms with Gasteiger partial charge in [-0.1, -0.05) is 51.5 Å². The average Bonchev–Trinajstić information content (AvgIpc) is 2.47. The number of nitrogens with two attached hydrogens (primary N) is 1. The van der Waals surface area contributed by atoms with E-state index in [1.54, 1.807) is 0 Å². The van der Waals surface area contributed by atoms with Crippen molar-refractivity contribution in [2.75, 3.05) is 0 Å². The molecule has 118 valence electrons. The molecule has 0 heterocycles. The third kappa shape index (κ3) is 4.26. The van der Waals surface area contributed by atoms with Crippen LogP contribution >= 0.6 is 11.8 Å². The molecular weight excluding hydrogens is 274 g/mol. The fraction of sp³-hybridized carbons (Fsp3) is 0.684. The predicted molar refractivity (Wildman–Crippen MR) is 95.7 cm³/mol. The third-order valence-corrected chi connectivity index (χ3v) is 7.02. The highest BCUT2D eigenvalue weighted by atomic mass is 32.2. The van der Waals surface area contributed by atoms with Crippen LogP contribution in [0.1, 0.15) is 57.6 Å². The highest BCUT2D eigenvalue weighted by Crippen LogP contribution is 2.43. The maximum Gasteiger partial charge on any atom is 0.0205 e. The van der Waals surface area contributed by atoms with E-state index in [9.17, 15) is 0 Å². The normalized spacial score (nSPS) is 26.8. The molecule has 0 aromatic heterocycles. The van der Waals surface area contributed by atoms with E-state index in [1.807, 2.05) is 0 Å². The zero-order valence-electron chi connectivity index (χ0n) is 14.1. The zero-order valence-corrected chi connectivity index (χ0v) is 14.9. The Morgan fingerprint density at radius 3 is 2.62 bits per heavy atom. The smallest absolute Gasteiger partial charge is 0.0205 e. The first kappa shape index (κ1) is 16.9. The van der Waals surface area contributed by atoms with Crippen molar-refractivity contribution in [3.63, 3.8) is 0 Å². The Balaban J connectivity index is 1.96. The number of thioether (sulfide) groups is 1. The molecule has 1 saturated carbocycles. The second-order valence-electron chi connectivity index (χ2n) is 7.29. The summed E-state index contributed by atoms with van der Waals surface area (Å²) in [6, 6.07) is 9.11. The third-order valence-electron chi connectivity index (χ3n) is 5.57. The molecule has 1 aromatic carbocycles. The molecule has 2 rings (SSSR count). The van der Waals surface area contributed by atoms with Crippen LogP contribution in [-0.2, 0) is 5.75 Å². The van der Waals surface area contributed by atoms with Gasteiger partial charge >= 0.3 is 0 Å². The van der Waals surface area contributed by atoms with E-state index in [0.717, 1.165) is 11.7 Å². The number of benzene rings is 1. The van der Waals surface area contributed by atoms with Crippen LogP contribution in [0.3, 0.4) is 0 Å². The van der Waals surface area contributed by atoms with Crippen LogP contribution in [0.2, 0.25) is 0 Å². The minimum Gasteiger partial charge on any atom is -0.327 e. The Labute approximate surface area is 135 Å². The lowest BCUT2D eigenvalue weighted by molar-refractivity contribution is 0.148. The maximum atomic E-state index is 6.41. The van der Waals surface area contributed by atoms with Crippen molar-refractivity contribution in [2.24, 2.45) is 17.1 Å². The molecule has 0 bridgehead atoms. The number of aryl methyl sites for hydroxylation is 1. The largest absolute Gasteiger partial charge is 0.327 e. The second-order valence-corrected chi connectivity index (χ2v) is 8.52. The van der Waals surface area contributed by atoms with E-state index < -0.39 is 0 Å². The van der Waals surface area contributed by atoms with Crippen LogP contribution in [0.5, 0.6) is 0 Å². The lowest BCUT2D eigenvalue weighted by Crippen LogP contribution is -2.42. The van der Waals surface area contributed by atoms with Gasteiger partial charge in [-0.2, -0.15) is 11.8 Å². The summed E-state index contributed by atoms with van der Waals surface area (Å²) in [5.74, 6) is 1.93. The lowest BCUT2D eigenvalue weighted by atomic mass is 9.69. The van der Waals surface area contributed by atoms with Gasteiger partial charge in [0.2, 0.25) is 0 Å². The maximum absolute atomic E-state index is 6.41. The SMILES string of the molecule is CCC(C)(C)C1CCC(N)C(SCc2ccccc2C)C1. The molecule has 0 saturated heterocycles. The van der Waals surface area contributed by atoms with Crippen LogP contribution in [0, 0.1) is 18.3 Å². The Hall–Kier alpha value is -0.470. The summed E-state index contributed by atoms with van der Waals surface area (Å²) in [6.07, 6.45) is 5.06. The van der Waals surface area contributed by atoms with E-state index in [0.29, 0.717) is 16.7 Å². The zero-order chi connectivity index (χ0) is 15.5. The molecule has 0 amide bonds. The van der Waals surface area contributed by atoms with E-state index in [1.165, 1.54) is 36.8 Å². The van der Waals surface area contributed by atoms with E-state index in [4.69, 9.17) is 5.73 Å². The first-order chi connectivity index (χ1) is 9.94. The van der Waals surface area contributed by atoms with Gasteiger partial charge in [0.15, 0.2) is 0 Å². The van der Waals surface area contributed by atoms with Crippen molar-refractivity contribution in [1.29, 1.82) is 0 Å². The fourth-order valence-corrected chi connectivity index (χ4v) is 4.78. The molecule has 3 atom stereocenters. The molecule has 0 aliphatic heterocycles. The van der Waals surface area contributed by atoms with E-state index in [2.05, 4.69) is 63.7 Å². The van der Waals surface area contributed by atoms with Crippen LogP contribution in [0.15, 0.2) is 24.3 Å². The summed E-state index contributed by atoms with van der Waals surface area (Å²) < 4.78 is 0. The van der Waals surface area contributed by atoms with Crippen molar-refractivity contribution < 1.29 is 0 Å². The molecule has 0 radical (unpaired) electrons. The first-order valence-corrected chi connectivity index (χ1v) is 9.40. The van der Waals surface area contributed by atoms with Gasteiger partial charge in [0.1, 0.15) is 0 Å². The van der Waals surface area contributed by atoms with Gasteiger partial charge in [-0.25, -0.2) is 0 Å². The van der Waals surface area contributed by atoms with E-state index in [-0.39, 0.29) is 0 Å². The minimum absolute atomic E-state index is 0.378. The van der Waals surface area contributed by atoms with Crippen molar-refractivity contribution in [3.8, 4) is 0 Å². The Morgan fingerprint density at radius 2 is 1.95 bits per heavy atom.